The molecular formula is C21H20N4O7S. The molecule has 2 heterocycles. The maximum atomic E-state index is 13.0. The molecule has 2 N–H and O–H groups in total. The number of aromatic amines is 1. The Hall–Kier alpha value is -3.61. The minimum absolute atomic E-state index is 0.0169. The predicted molar refractivity (Wildman–Crippen MR) is 118 cm³/mol. The molecule has 1 saturated heterocycles. The van der Waals surface area contributed by atoms with Gasteiger partial charge in [0.25, 0.3) is 11.6 Å². The topological polar surface area (TPSA) is 152 Å². The highest BCUT2D eigenvalue weighted by molar-refractivity contribution is 7.89. The largest absolute Gasteiger partial charge is 0.379 e. The lowest BCUT2D eigenvalue weighted by Gasteiger charge is -2.26. The van der Waals surface area contributed by atoms with Crippen LogP contribution in [0.5, 0.6) is 0 Å². The Bertz CT molecular complexity index is 1400. The monoisotopic (exact) mass is 472 g/mol. The lowest BCUT2D eigenvalue weighted by molar-refractivity contribution is -0.385. The van der Waals surface area contributed by atoms with E-state index in [0.717, 1.165) is 6.07 Å². The second kappa shape index (κ2) is 9.10. The zero-order chi connectivity index (χ0) is 23.6. The van der Waals surface area contributed by atoms with Gasteiger partial charge in [-0.1, -0.05) is 18.2 Å². The van der Waals surface area contributed by atoms with Gasteiger partial charge in [-0.3, -0.25) is 19.7 Å². The molecule has 11 nitrogen and oxygen atoms in total. The highest BCUT2D eigenvalue weighted by Gasteiger charge is 2.27. The van der Waals surface area contributed by atoms with Gasteiger partial charge in [-0.2, -0.15) is 4.31 Å². The summed E-state index contributed by atoms with van der Waals surface area (Å²) >= 11 is 0. The van der Waals surface area contributed by atoms with Crippen LogP contribution >= 0.6 is 0 Å². The second-order valence-corrected chi connectivity index (χ2v) is 9.28. The van der Waals surface area contributed by atoms with E-state index >= 15 is 0 Å². The van der Waals surface area contributed by atoms with E-state index in [1.54, 1.807) is 6.07 Å². The molecule has 0 saturated carbocycles. The summed E-state index contributed by atoms with van der Waals surface area (Å²) in [6.07, 6.45) is 0. The van der Waals surface area contributed by atoms with Gasteiger partial charge in [0, 0.05) is 48.2 Å². The Labute approximate surface area is 188 Å². The molecule has 0 atom stereocenters. The minimum Gasteiger partial charge on any atom is -0.379 e. The first-order chi connectivity index (χ1) is 15.8. The van der Waals surface area contributed by atoms with Crippen molar-refractivity contribution < 1.29 is 22.9 Å². The molecule has 0 radical (unpaired) electrons. The molecule has 0 aliphatic carbocycles. The Morgan fingerprint density at radius 1 is 1.15 bits per heavy atom. The average Bonchev–Trinajstić information content (AvgIpc) is 2.82. The number of hydrogen-bond donors (Lipinski definition) is 2. The van der Waals surface area contributed by atoms with Crippen molar-refractivity contribution >= 4 is 32.5 Å². The third-order valence-electron chi connectivity index (χ3n) is 5.29. The van der Waals surface area contributed by atoms with Gasteiger partial charge in [-0.15, -0.1) is 0 Å². The van der Waals surface area contributed by atoms with E-state index in [9.17, 15) is 28.1 Å². The number of aromatic nitrogens is 1. The molecule has 3 aromatic rings. The maximum absolute atomic E-state index is 13.0. The van der Waals surface area contributed by atoms with Crippen molar-refractivity contribution in [3.8, 4) is 0 Å². The molecule has 33 heavy (non-hydrogen) atoms. The number of benzene rings is 2. The summed E-state index contributed by atoms with van der Waals surface area (Å²) in [7, 11) is -3.82. The van der Waals surface area contributed by atoms with Crippen LogP contribution < -0.4 is 10.9 Å². The first-order valence-electron chi connectivity index (χ1n) is 10.0. The number of nitro groups is 1. The summed E-state index contributed by atoms with van der Waals surface area (Å²) < 4.78 is 32.6. The third-order valence-corrected chi connectivity index (χ3v) is 7.19. The van der Waals surface area contributed by atoms with Crippen LogP contribution in [0.25, 0.3) is 10.9 Å². The maximum Gasteiger partial charge on any atom is 0.274 e. The van der Waals surface area contributed by atoms with Crippen molar-refractivity contribution in [1.29, 1.82) is 0 Å². The molecule has 0 spiro atoms. The van der Waals surface area contributed by atoms with Gasteiger partial charge >= 0.3 is 0 Å². The van der Waals surface area contributed by atoms with Gasteiger partial charge < -0.3 is 15.0 Å². The number of nitrogens with zero attached hydrogens (tertiary/aromatic N) is 2. The number of rotatable bonds is 6. The quantitative estimate of drug-likeness (QED) is 0.406. The van der Waals surface area contributed by atoms with Crippen LogP contribution in [-0.2, 0) is 21.3 Å². The lowest BCUT2D eigenvalue weighted by atomic mass is 10.1. The lowest BCUT2D eigenvalue weighted by Crippen LogP contribution is -2.40. The van der Waals surface area contributed by atoms with Crippen molar-refractivity contribution in [3.63, 3.8) is 0 Å². The van der Waals surface area contributed by atoms with Gasteiger partial charge in [-0.25, -0.2) is 8.42 Å². The van der Waals surface area contributed by atoms with E-state index in [2.05, 4.69) is 10.3 Å². The van der Waals surface area contributed by atoms with Crippen LogP contribution in [-0.4, -0.2) is 54.8 Å². The zero-order valence-electron chi connectivity index (χ0n) is 17.3. The number of para-hydroxylation sites is 1. The number of nitro benzene ring substituents is 1. The minimum atomic E-state index is -3.82. The number of ether oxygens (including phenoxy) is 1. The summed E-state index contributed by atoms with van der Waals surface area (Å²) in [5.41, 5.74) is -0.138. The fraction of sp³-hybridized carbons (Fsp3) is 0.238. The number of amides is 1. The van der Waals surface area contributed by atoms with E-state index in [1.165, 1.54) is 40.7 Å². The number of morpholine rings is 1. The van der Waals surface area contributed by atoms with Crippen molar-refractivity contribution in [2.24, 2.45) is 0 Å². The van der Waals surface area contributed by atoms with Crippen molar-refractivity contribution in [2.75, 3.05) is 26.3 Å². The molecule has 1 aliphatic heterocycles. The fourth-order valence-corrected chi connectivity index (χ4v) is 5.06. The standard InChI is InChI=1S/C21H20N4O7S/c26-20-12-17(21(27)22-13-14-3-1-2-4-19(14)25(28)29)16-11-15(5-6-18(16)23-20)33(30,31)24-7-9-32-10-8-24/h1-6,11-12H,7-10,13H2,(H,22,27)(H,23,26). The SMILES string of the molecule is O=C(NCc1ccccc1[N+](=O)[O-])c1cc(=O)[nH]c2ccc(S(=O)(=O)N3CCOCC3)cc12. The summed E-state index contributed by atoms with van der Waals surface area (Å²) in [6, 6.07) is 11.2. The normalized spacial score (nSPS) is 14.8. The Kier molecular flexibility index (Phi) is 6.22. The molecule has 12 heteroatoms. The van der Waals surface area contributed by atoms with Gasteiger partial charge in [0.1, 0.15) is 0 Å². The van der Waals surface area contributed by atoms with Crippen molar-refractivity contribution in [3.05, 3.63) is 80.1 Å². The molecule has 0 unspecified atom stereocenters. The van der Waals surface area contributed by atoms with E-state index in [-0.39, 0.29) is 41.2 Å². The number of carbonyl (C=O) groups is 1. The summed E-state index contributed by atoms with van der Waals surface area (Å²) in [5.74, 6) is -0.662. The Morgan fingerprint density at radius 2 is 1.88 bits per heavy atom. The Morgan fingerprint density at radius 3 is 2.61 bits per heavy atom. The molecule has 0 bridgehead atoms. The number of nitrogens with one attached hydrogen (secondary N) is 2. The van der Waals surface area contributed by atoms with Gasteiger partial charge in [0.2, 0.25) is 15.6 Å². The van der Waals surface area contributed by atoms with Crippen LogP contribution in [0.1, 0.15) is 15.9 Å². The van der Waals surface area contributed by atoms with E-state index in [0.29, 0.717) is 24.3 Å². The number of fused-ring (bicyclic) bond motifs is 1. The number of H-pyrrole nitrogens is 1. The molecule has 1 aliphatic rings. The molecule has 2 aromatic carbocycles. The summed E-state index contributed by atoms with van der Waals surface area (Å²) in [6.45, 7) is 0.874. The third kappa shape index (κ3) is 4.62. The van der Waals surface area contributed by atoms with Crippen LogP contribution in [0.15, 0.2) is 58.2 Å². The fourth-order valence-electron chi connectivity index (χ4n) is 3.63. The highest BCUT2D eigenvalue weighted by Crippen LogP contribution is 2.24. The van der Waals surface area contributed by atoms with Crippen LogP contribution in [0.2, 0.25) is 0 Å². The second-order valence-electron chi connectivity index (χ2n) is 7.34. The number of carbonyl (C=O) groups excluding carboxylic acids is 1. The van der Waals surface area contributed by atoms with Crippen molar-refractivity contribution in [2.45, 2.75) is 11.4 Å². The first kappa shape index (κ1) is 22.6. The van der Waals surface area contributed by atoms with E-state index in [1.807, 2.05) is 0 Å². The number of pyridine rings is 1. The predicted octanol–water partition coefficient (Wildman–Crippen LogP) is 1.39. The molecule has 4 rings (SSSR count). The van der Waals surface area contributed by atoms with Crippen molar-refractivity contribution in [1.82, 2.24) is 14.6 Å². The summed E-state index contributed by atoms with van der Waals surface area (Å²) in [4.78, 5) is 38.2. The van der Waals surface area contributed by atoms with Gasteiger partial charge in [-0.05, 0) is 18.2 Å². The van der Waals surface area contributed by atoms with Crippen LogP contribution in [0.3, 0.4) is 0 Å². The zero-order valence-corrected chi connectivity index (χ0v) is 18.1. The molecule has 1 aromatic heterocycles. The summed E-state index contributed by atoms with van der Waals surface area (Å²) in [5, 5.41) is 14.0. The van der Waals surface area contributed by atoms with Crippen LogP contribution in [0, 0.1) is 10.1 Å². The van der Waals surface area contributed by atoms with Gasteiger partial charge in [0.15, 0.2) is 0 Å². The highest BCUT2D eigenvalue weighted by atomic mass is 32.2. The number of sulfonamides is 1. The van der Waals surface area contributed by atoms with Gasteiger partial charge in [0.05, 0.1) is 28.6 Å². The average molecular weight is 472 g/mol. The van der Waals surface area contributed by atoms with E-state index < -0.39 is 26.4 Å². The Balaban J connectivity index is 1.68. The first-order valence-corrected chi connectivity index (χ1v) is 11.5. The van der Waals surface area contributed by atoms with E-state index in [4.69, 9.17) is 4.74 Å². The smallest absolute Gasteiger partial charge is 0.274 e. The molecular weight excluding hydrogens is 452 g/mol. The van der Waals surface area contributed by atoms with Crippen LogP contribution in [0.4, 0.5) is 5.69 Å². The molecule has 1 fully saturated rings. The molecule has 1 amide bonds. The number of hydrogen-bond acceptors (Lipinski definition) is 7. The molecule has 172 valence electrons.